The van der Waals surface area contributed by atoms with Gasteiger partial charge in [0.05, 0.1) is 0 Å². The van der Waals surface area contributed by atoms with Crippen LogP contribution in [0.1, 0.15) is 76.0 Å². The molecule has 174 valence electrons. The number of hydrogen-bond acceptors (Lipinski definition) is 1. The van der Waals surface area contributed by atoms with Gasteiger partial charge in [0.2, 0.25) is 5.91 Å². The van der Waals surface area contributed by atoms with Crippen molar-refractivity contribution in [2.75, 3.05) is 6.54 Å². The topological polar surface area (TPSA) is 25.2 Å². The van der Waals surface area contributed by atoms with Gasteiger partial charge in [-0.25, -0.2) is 0 Å². The molecular formula is C30H38N2O. The molecule has 2 bridgehead atoms. The van der Waals surface area contributed by atoms with E-state index in [0.29, 0.717) is 23.8 Å². The number of para-hydroxylation sites is 1. The maximum Gasteiger partial charge on any atom is 0.223 e. The predicted octanol–water partition coefficient (Wildman–Crippen LogP) is 6.92. The lowest BCUT2D eigenvalue weighted by Gasteiger charge is -2.39. The molecule has 33 heavy (non-hydrogen) atoms. The molecular weight excluding hydrogens is 404 g/mol. The van der Waals surface area contributed by atoms with Gasteiger partial charge in [0.1, 0.15) is 0 Å². The van der Waals surface area contributed by atoms with E-state index in [1.54, 1.807) is 0 Å². The van der Waals surface area contributed by atoms with Crippen LogP contribution in [0.4, 0.5) is 0 Å². The summed E-state index contributed by atoms with van der Waals surface area (Å²) in [6.45, 7) is 13.3. The Hall–Kier alpha value is -2.55. The number of likely N-dealkylation sites (tertiary alicyclic amines) is 1. The summed E-state index contributed by atoms with van der Waals surface area (Å²) in [7, 11) is 0. The Bertz CT molecular complexity index is 1170. The smallest absolute Gasteiger partial charge is 0.223 e. The number of hydrogen-bond donors (Lipinski definition) is 0. The average Bonchev–Trinajstić information content (AvgIpc) is 3.26. The van der Waals surface area contributed by atoms with Crippen LogP contribution in [-0.4, -0.2) is 28.0 Å². The van der Waals surface area contributed by atoms with Crippen LogP contribution in [0.2, 0.25) is 0 Å². The van der Waals surface area contributed by atoms with Crippen molar-refractivity contribution in [1.29, 1.82) is 0 Å². The third kappa shape index (κ3) is 4.11. The molecule has 2 fully saturated rings. The number of amides is 1. The fraction of sp³-hybridized carbons (Fsp3) is 0.500. The van der Waals surface area contributed by atoms with Crippen LogP contribution in [0.5, 0.6) is 0 Å². The summed E-state index contributed by atoms with van der Waals surface area (Å²) in [5.74, 6) is 0.386. The lowest BCUT2D eigenvalue weighted by Crippen LogP contribution is -2.38. The molecule has 0 N–H and O–H groups in total. The first-order valence-electron chi connectivity index (χ1n) is 12.6. The summed E-state index contributed by atoms with van der Waals surface area (Å²) in [4.78, 5) is 16.1. The van der Waals surface area contributed by atoms with E-state index >= 15 is 0 Å². The molecule has 0 radical (unpaired) electrons. The minimum atomic E-state index is 0.0667. The molecule has 3 aromatic rings. The minimum Gasteiger partial charge on any atom is -0.347 e. The molecule has 2 aromatic carbocycles. The number of aromatic nitrogens is 1. The lowest BCUT2D eigenvalue weighted by molar-refractivity contribution is -0.132. The lowest BCUT2D eigenvalue weighted by atomic mass is 9.65. The molecule has 1 amide bonds. The fourth-order valence-corrected chi connectivity index (χ4v) is 7.06. The Labute approximate surface area is 198 Å². The number of aryl methyl sites for hydroxylation is 2. The zero-order chi connectivity index (χ0) is 23.4. The van der Waals surface area contributed by atoms with Gasteiger partial charge in [0.15, 0.2) is 0 Å². The van der Waals surface area contributed by atoms with Gasteiger partial charge in [-0.3, -0.25) is 4.79 Å². The summed E-state index contributed by atoms with van der Waals surface area (Å²) >= 11 is 0. The molecule has 2 heterocycles. The highest BCUT2D eigenvalue weighted by molar-refractivity contribution is 5.87. The second-order valence-corrected chi connectivity index (χ2v) is 11.8. The van der Waals surface area contributed by atoms with E-state index in [9.17, 15) is 4.79 Å². The molecule has 1 aliphatic heterocycles. The highest BCUT2D eigenvalue weighted by atomic mass is 16.2. The molecule has 3 nitrogen and oxygen atoms in total. The van der Waals surface area contributed by atoms with E-state index in [4.69, 9.17) is 0 Å². The zero-order valence-corrected chi connectivity index (χ0v) is 20.9. The summed E-state index contributed by atoms with van der Waals surface area (Å²) < 4.78 is 2.32. The van der Waals surface area contributed by atoms with E-state index in [2.05, 4.69) is 98.8 Å². The van der Waals surface area contributed by atoms with Gasteiger partial charge in [0.25, 0.3) is 0 Å². The molecule has 3 unspecified atom stereocenters. The summed E-state index contributed by atoms with van der Waals surface area (Å²) in [6, 6.07) is 17.8. The van der Waals surface area contributed by atoms with Gasteiger partial charge in [-0.15, -0.1) is 0 Å². The zero-order valence-electron chi connectivity index (χ0n) is 20.9. The van der Waals surface area contributed by atoms with Crippen LogP contribution in [0.15, 0.2) is 54.7 Å². The summed E-state index contributed by atoms with van der Waals surface area (Å²) in [6.07, 6.45) is 6.32. The van der Waals surface area contributed by atoms with Crippen molar-refractivity contribution in [1.82, 2.24) is 9.47 Å². The van der Waals surface area contributed by atoms with Gasteiger partial charge in [0, 0.05) is 48.6 Å². The van der Waals surface area contributed by atoms with Crippen molar-refractivity contribution >= 4 is 16.8 Å². The van der Waals surface area contributed by atoms with E-state index < -0.39 is 0 Å². The maximum absolute atomic E-state index is 13.9. The number of carbonyl (C=O) groups excluding carboxylic acids is 1. The van der Waals surface area contributed by atoms with E-state index in [0.717, 1.165) is 25.9 Å². The Morgan fingerprint density at radius 3 is 2.52 bits per heavy atom. The first-order valence-corrected chi connectivity index (χ1v) is 12.6. The fourth-order valence-electron chi connectivity index (χ4n) is 7.06. The minimum absolute atomic E-state index is 0.0667. The molecule has 5 rings (SSSR count). The van der Waals surface area contributed by atoms with Crippen LogP contribution < -0.4 is 0 Å². The van der Waals surface area contributed by atoms with Crippen LogP contribution in [0, 0.1) is 17.8 Å². The van der Waals surface area contributed by atoms with Crippen molar-refractivity contribution in [3.63, 3.8) is 0 Å². The highest BCUT2D eigenvalue weighted by Gasteiger charge is 2.51. The predicted molar refractivity (Wildman–Crippen MR) is 136 cm³/mol. The standard InChI is InChI=1S/C30H38N2O/c1-6-31-18-26(24-9-7-8-10-27(24)31)25(22-13-11-21(2)12-14-22)15-28(33)32-20-30(5)17-23(32)16-29(3,4)19-30/h7-14,18,23,25H,6,15-17,19-20H2,1-5H3. The molecule has 1 saturated carbocycles. The molecule has 1 aromatic heterocycles. The van der Waals surface area contributed by atoms with Crippen molar-refractivity contribution in [2.45, 2.75) is 78.8 Å². The summed E-state index contributed by atoms with van der Waals surface area (Å²) in [5.41, 5.74) is 5.60. The number of benzene rings is 2. The van der Waals surface area contributed by atoms with Gasteiger partial charge in [-0.2, -0.15) is 0 Å². The van der Waals surface area contributed by atoms with Gasteiger partial charge >= 0.3 is 0 Å². The van der Waals surface area contributed by atoms with Gasteiger partial charge < -0.3 is 9.47 Å². The van der Waals surface area contributed by atoms with Crippen molar-refractivity contribution in [3.8, 4) is 0 Å². The quantitative estimate of drug-likeness (QED) is 0.421. The second-order valence-electron chi connectivity index (χ2n) is 11.8. The third-order valence-corrected chi connectivity index (χ3v) is 8.13. The average molecular weight is 443 g/mol. The monoisotopic (exact) mass is 442 g/mol. The molecule has 1 aliphatic carbocycles. The van der Waals surface area contributed by atoms with Gasteiger partial charge in [-0.05, 0) is 61.1 Å². The third-order valence-electron chi connectivity index (χ3n) is 8.13. The Balaban J connectivity index is 1.52. The largest absolute Gasteiger partial charge is 0.347 e. The Morgan fingerprint density at radius 1 is 1.06 bits per heavy atom. The van der Waals surface area contributed by atoms with Gasteiger partial charge in [-0.1, -0.05) is 68.8 Å². The number of nitrogens with zero attached hydrogens (tertiary/aromatic N) is 2. The van der Waals surface area contributed by atoms with Crippen LogP contribution in [0.3, 0.4) is 0 Å². The maximum atomic E-state index is 13.9. The van der Waals surface area contributed by atoms with Crippen molar-refractivity contribution in [3.05, 3.63) is 71.4 Å². The first-order chi connectivity index (χ1) is 15.7. The van der Waals surface area contributed by atoms with E-state index in [1.165, 1.54) is 34.0 Å². The normalized spacial score (nSPS) is 24.9. The second kappa shape index (κ2) is 8.04. The van der Waals surface area contributed by atoms with Crippen LogP contribution in [-0.2, 0) is 11.3 Å². The highest BCUT2D eigenvalue weighted by Crippen LogP contribution is 2.53. The Morgan fingerprint density at radius 2 is 1.79 bits per heavy atom. The number of fused-ring (bicyclic) bond motifs is 3. The van der Waals surface area contributed by atoms with Crippen molar-refractivity contribution in [2.24, 2.45) is 10.8 Å². The Kier molecular flexibility index (Phi) is 5.42. The molecule has 0 spiro atoms. The number of carbonyl (C=O) groups is 1. The van der Waals surface area contributed by atoms with E-state index in [1.807, 2.05) is 0 Å². The molecule has 3 atom stereocenters. The van der Waals surface area contributed by atoms with Crippen LogP contribution in [0.25, 0.3) is 10.9 Å². The number of rotatable bonds is 5. The molecule has 2 aliphatic rings. The van der Waals surface area contributed by atoms with Crippen LogP contribution >= 0.6 is 0 Å². The molecule has 3 heteroatoms. The SMILES string of the molecule is CCn1cc(C(CC(=O)N2CC3(C)CC2CC(C)(C)C3)c2ccc(C)cc2)c2ccccc21. The summed E-state index contributed by atoms with van der Waals surface area (Å²) in [5, 5.41) is 1.27. The molecule has 1 saturated heterocycles. The van der Waals surface area contributed by atoms with Crippen molar-refractivity contribution < 1.29 is 4.79 Å². The van der Waals surface area contributed by atoms with E-state index in [-0.39, 0.29) is 11.3 Å². The first kappa shape index (κ1) is 22.3.